The summed E-state index contributed by atoms with van der Waals surface area (Å²) < 4.78 is 0. The lowest BCUT2D eigenvalue weighted by Crippen LogP contribution is -2.35. The second-order valence-corrected chi connectivity index (χ2v) is 6.96. The summed E-state index contributed by atoms with van der Waals surface area (Å²) in [6.07, 6.45) is 4.15. The molecule has 0 aliphatic heterocycles. The monoisotopic (exact) mass is 281 g/mol. The normalized spacial score (nSPS) is 11.7. The van der Waals surface area contributed by atoms with E-state index in [4.69, 9.17) is 0 Å². The van der Waals surface area contributed by atoms with Crippen LogP contribution in [0.1, 0.15) is 32.0 Å². The average molecular weight is 281 g/mol. The number of aryl methyl sites for hydroxylation is 1. The van der Waals surface area contributed by atoms with Crippen molar-refractivity contribution in [2.75, 3.05) is 30.5 Å². The Hall–Kier alpha value is -0.740. The van der Waals surface area contributed by atoms with Gasteiger partial charge in [0.15, 0.2) is 0 Å². The molecule has 4 heteroatoms. The van der Waals surface area contributed by atoms with Gasteiger partial charge in [0, 0.05) is 54.6 Å². The molecule has 108 valence electrons. The molecule has 1 N–H and O–H groups in total. The van der Waals surface area contributed by atoms with E-state index >= 15 is 0 Å². The van der Waals surface area contributed by atoms with Crippen molar-refractivity contribution in [1.82, 2.24) is 10.3 Å². The van der Waals surface area contributed by atoms with Gasteiger partial charge >= 0.3 is 0 Å². The third-order valence-corrected chi connectivity index (χ3v) is 3.54. The van der Waals surface area contributed by atoms with E-state index < -0.39 is 0 Å². The maximum absolute atomic E-state index is 4.43. The van der Waals surface area contributed by atoms with Crippen LogP contribution in [0.25, 0.3) is 0 Å². The molecule has 3 nitrogen and oxygen atoms in total. The lowest BCUT2D eigenvalue weighted by atomic mass is 10.1. The maximum Gasteiger partial charge on any atom is 0.0443 e. The van der Waals surface area contributed by atoms with Crippen LogP contribution in [-0.4, -0.2) is 36.1 Å². The van der Waals surface area contributed by atoms with E-state index in [1.807, 2.05) is 24.9 Å². The minimum Gasteiger partial charge on any atom is -0.373 e. The Morgan fingerprint density at radius 1 is 1.37 bits per heavy atom. The Bertz CT molecular complexity index is 399. The van der Waals surface area contributed by atoms with E-state index in [0.29, 0.717) is 0 Å². The van der Waals surface area contributed by atoms with Crippen molar-refractivity contribution in [3.05, 3.63) is 23.5 Å². The molecule has 0 spiro atoms. The zero-order valence-corrected chi connectivity index (χ0v) is 13.9. The summed E-state index contributed by atoms with van der Waals surface area (Å²) in [4.78, 5) is 6.76. The molecule has 0 fully saturated rings. The van der Waals surface area contributed by atoms with E-state index in [-0.39, 0.29) is 5.54 Å². The fraction of sp³-hybridized carbons (Fsp3) is 0.667. The molecule has 1 aromatic heterocycles. The maximum atomic E-state index is 4.43. The molecule has 1 rings (SSSR count). The average Bonchev–Trinajstić information content (AvgIpc) is 2.33. The van der Waals surface area contributed by atoms with Crippen LogP contribution in [0.15, 0.2) is 12.3 Å². The van der Waals surface area contributed by atoms with E-state index in [1.165, 1.54) is 11.3 Å². The number of hydrogen-bond donors (Lipinski definition) is 1. The van der Waals surface area contributed by atoms with Gasteiger partial charge in [-0.25, -0.2) is 0 Å². The van der Waals surface area contributed by atoms with Crippen molar-refractivity contribution in [3.63, 3.8) is 0 Å². The Balaban J connectivity index is 2.85. The molecule has 0 unspecified atom stereocenters. The summed E-state index contributed by atoms with van der Waals surface area (Å²) in [5, 5.41) is 3.54. The van der Waals surface area contributed by atoms with Gasteiger partial charge in [-0.15, -0.1) is 0 Å². The van der Waals surface area contributed by atoms with Gasteiger partial charge in [0.05, 0.1) is 0 Å². The molecule has 0 saturated carbocycles. The molecule has 0 radical (unpaired) electrons. The number of pyridine rings is 1. The van der Waals surface area contributed by atoms with E-state index in [0.717, 1.165) is 24.5 Å². The Labute approximate surface area is 122 Å². The van der Waals surface area contributed by atoms with Crippen LogP contribution in [0.4, 0.5) is 5.69 Å². The van der Waals surface area contributed by atoms with Crippen molar-refractivity contribution < 1.29 is 0 Å². The van der Waals surface area contributed by atoms with Gasteiger partial charge in [0.2, 0.25) is 0 Å². The van der Waals surface area contributed by atoms with Crippen LogP contribution >= 0.6 is 11.8 Å². The Kier molecular flexibility index (Phi) is 6.14. The predicted molar refractivity (Wildman–Crippen MR) is 87.2 cm³/mol. The zero-order valence-electron chi connectivity index (χ0n) is 13.1. The molecule has 1 aromatic rings. The summed E-state index contributed by atoms with van der Waals surface area (Å²) in [7, 11) is 2.16. The van der Waals surface area contributed by atoms with Crippen LogP contribution < -0.4 is 10.2 Å². The summed E-state index contributed by atoms with van der Waals surface area (Å²) in [5.41, 5.74) is 3.76. The Morgan fingerprint density at radius 2 is 2.05 bits per heavy atom. The molecule has 0 saturated heterocycles. The molecule has 1 heterocycles. The molecular formula is C15H27N3S. The smallest absolute Gasteiger partial charge is 0.0443 e. The highest BCUT2D eigenvalue weighted by atomic mass is 32.2. The van der Waals surface area contributed by atoms with Crippen LogP contribution in [0.2, 0.25) is 0 Å². The number of nitrogens with zero attached hydrogens (tertiary/aromatic N) is 2. The molecule has 0 aromatic carbocycles. The molecule has 0 bridgehead atoms. The molecule has 0 aliphatic rings. The first-order valence-corrected chi connectivity index (χ1v) is 8.13. The summed E-state index contributed by atoms with van der Waals surface area (Å²) >= 11 is 1.88. The number of hydrogen-bond acceptors (Lipinski definition) is 4. The van der Waals surface area contributed by atoms with Gasteiger partial charge in [-0.05, 0) is 40.0 Å². The van der Waals surface area contributed by atoms with Crippen molar-refractivity contribution in [2.45, 2.75) is 39.8 Å². The Morgan fingerprint density at radius 3 is 2.63 bits per heavy atom. The highest BCUT2D eigenvalue weighted by molar-refractivity contribution is 7.98. The van der Waals surface area contributed by atoms with Crippen LogP contribution in [0.3, 0.4) is 0 Å². The quantitative estimate of drug-likeness (QED) is 0.867. The van der Waals surface area contributed by atoms with Gasteiger partial charge in [-0.3, -0.25) is 4.98 Å². The number of anilines is 1. The molecule has 19 heavy (non-hydrogen) atoms. The lowest BCUT2D eigenvalue weighted by Gasteiger charge is -2.25. The minimum atomic E-state index is 0.125. The largest absolute Gasteiger partial charge is 0.373 e. The van der Waals surface area contributed by atoms with E-state index in [1.54, 1.807) is 0 Å². The van der Waals surface area contributed by atoms with E-state index in [2.05, 4.69) is 55.3 Å². The fourth-order valence-electron chi connectivity index (χ4n) is 1.77. The third kappa shape index (κ3) is 5.83. The lowest BCUT2D eigenvalue weighted by molar-refractivity contribution is 0.424. The number of rotatable bonds is 6. The molecule has 0 atom stereocenters. The summed E-state index contributed by atoms with van der Waals surface area (Å²) in [6.45, 7) is 10.5. The second-order valence-electron chi connectivity index (χ2n) is 5.97. The van der Waals surface area contributed by atoms with Crippen molar-refractivity contribution in [3.8, 4) is 0 Å². The first-order chi connectivity index (χ1) is 8.83. The first kappa shape index (κ1) is 16.3. The first-order valence-electron chi connectivity index (χ1n) is 6.74. The standard InChI is InChI=1S/C15H27N3S/c1-12-9-14(18(5)7-8-19-6)13(10-16-12)11-17-15(2,3)4/h9-10,17H,7-8,11H2,1-6H3. The SMILES string of the molecule is CSCCN(C)c1cc(C)ncc1CNC(C)(C)C. The second kappa shape index (κ2) is 7.15. The van der Waals surface area contributed by atoms with Crippen molar-refractivity contribution in [1.29, 1.82) is 0 Å². The van der Waals surface area contributed by atoms with Crippen molar-refractivity contribution >= 4 is 17.4 Å². The van der Waals surface area contributed by atoms with Crippen molar-refractivity contribution in [2.24, 2.45) is 0 Å². The molecule has 0 amide bonds. The number of nitrogens with one attached hydrogen (secondary N) is 1. The minimum absolute atomic E-state index is 0.125. The zero-order chi connectivity index (χ0) is 14.5. The number of aromatic nitrogens is 1. The van der Waals surface area contributed by atoms with Gasteiger partial charge in [-0.2, -0.15) is 11.8 Å². The molecular weight excluding hydrogens is 254 g/mol. The number of thioether (sulfide) groups is 1. The third-order valence-electron chi connectivity index (χ3n) is 2.95. The van der Waals surface area contributed by atoms with Gasteiger partial charge in [0.1, 0.15) is 0 Å². The van der Waals surface area contributed by atoms with Gasteiger partial charge < -0.3 is 10.2 Å². The highest BCUT2D eigenvalue weighted by Crippen LogP contribution is 2.20. The highest BCUT2D eigenvalue weighted by Gasteiger charge is 2.13. The molecule has 0 aliphatic carbocycles. The van der Waals surface area contributed by atoms with Crippen LogP contribution in [0, 0.1) is 6.92 Å². The van der Waals surface area contributed by atoms with Crippen LogP contribution in [0.5, 0.6) is 0 Å². The summed E-state index contributed by atoms with van der Waals surface area (Å²) in [6, 6.07) is 2.18. The fourth-order valence-corrected chi connectivity index (χ4v) is 2.23. The summed E-state index contributed by atoms with van der Waals surface area (Å²) in [5.74, 6) is 1.14. The van der Waals surface area contributed by atoms with Crippen LogP contribution in [-0.2, 0) is 6.54 Å². The predicted octanol–water partition coefficient (Wildman–Crippen LogP) is 3.08. The van der Waals surface area contributed by atoms with E-state index in [9.17, 15) is 0 Å². The topological polar surface area (TPSA) is 28.2 Å². The van der Waals surface area contributed by atoms with Gasteiger partial charge in [-0.1, -0.05) is 0 Å². The van der Waals surface area contributed by atoms with Gasteiger partial charge in [0.25, 0.3) is 0 Å².